The standard InChI is InChI=1S/C32H48N6O10/c1-23(39)28(19-24-4-6-26(40)7-5-24)37-31(43)22-48-18-16-46-14-11-36-30(42)21-47-17-15-45-13-10-35-29(41)9-8-27(34)32(44)38-12-2-3-25(38)20-33/h4-7,25,27-28,40H,2-3,8-19,21-22,34H2,1H3,(H,35,41)(H,36,42)(H,37,43)/t25-,27-,28-/m0/s1. The van der Waals surface area contributed by atoms with Crippen LogP contribution in [0.15, 0.2) is 24.3 Å². The number of aromatic hydroxyl groups is 1. The van der Waals surface area contributed by atoms with Crippen molar-refractivity contribution in [1.82, 2.24) is 20.9 Å². The molecule has 1 aromatic rings. The van der Waals surface area contributed by atoms with Gasteiger partial charge in [-0.1, -0.05) is 12.1 Å². The molecule has 1 heterocycles. The fourth-order valence-electron chi connectivity index (χ4n) is 4.62. The third kappa shape index (κ3) is 16.6. The topological polar surface area (TPSA) is 232 Å². The van der Waals surface area contributed by atoms with Gasteiger partial charge in [0.25, 0.3) is 0 Å². The third-order valence-electron chi connectivity index (χ3n) is 7.23. The lowest BCUT2D eigenvalue weighted by atomic mass is 10.0. The highest BCUT2D eigenvalue weighted by molar-refractivity contribution is 5.88. The first kappa shape index (κ1) is 40.0. The zero-order chi connectivity index (χ0) is 35.1. The van der Waals surface area contributed by atoms with Crippen molar-refractivity contribution in [3.63, 3.8) is 0 Å². The Bertz CT molecular complexity index is 1210. The van der Waals surface area contributed by atoms with Crippen LogP contribution in [0.4, 0.5) is 0 Å². The van der Waals surface area contributed by atoms with Gasteiger partial charge < -0.3 is 50.6 Å². The Morgan fingerprint density at radius 3 is 2.10 bits per heavy atom. The molecule has 16 nitrogen and oxygen atoms in total. The van der Waals surface area contributed by atoms with Crippen molar-refractivity contribution >= 4 is 29.4 Å². The van der Waals surface area contributed by atoms with E-state index in [-0.39, 0.29) is 108 Å². The number of carbonyl (C=O) groups excluding carboxylic acids is 5. The Hall–Kier alpha value is -4.14. The van der Waals surface area contributed by atoms with Crippen molar-refractivity contribution in [3.8, 4) is 11.8 Å². The maximum Gasteiger partial charge on any atom is 0.246 e. The Morgan fingerprint density at radius 1 is 0.917 bits per heavy atom. The summed E-state index contributed by atoms with van der Waals surface area (Å²) in [5.74, 6) is -1.39. The Labute approximate surface area is 280 Å². The average molecular weight is 677 g/mol. The fourth-order valence-corrected chi connectivity index (χ4v) is 4.62. The van der Waals surface area contributed by atoms with Crippen LogP contribution in [0.25, 0.3) is 0 Å². The van der Waals surface area contributed by atoms with Crippen LogP contribution >= 0.6 is 0 Å². The lowest BCUT2D eigenvalue weighted by Crippen LogP contribution is -2.46. The Balaban J connectivity index is 1.38. The summed E-state index contributed by atoms with van der Waals surface area (Å²) >= 11 is 0. The molecule has 1 saturated heterocycles. The summed E-state index contributed by atoms with van der Waals surface area (Å²) in [6.45, 7) is 3.29. The molecular formula is C32H48N6O10. The summed E-state index contributed by atoms with van der Waals surface area (Å²) in [5, 5.41) is 26.5. The Morgan fingerprint density at radius 2 is 1.50 bits per heavy atom. The quantitative estimate of drug-likeness (QED) is 0.0824. The lowest BCUT2D eigenvalue weighted by molar-refractivity contribution is -0.133. The van der Waals surface area contributed by atoms with E-state index < -0.39 is 24.0 Å². The second-order valence-corrected chi connectivity index (χ2v) is 11.1. The third-order valence-corrected chi connectivity index (χ3v) is 7.23. The second-order valence-electron chi connectivity index (χ2n) is 11.1. The van der Waals surface area contributed by atoms with Gasteiger partial charge in [-0.15, -0.1) is 0 Å². The highest BCUT2D eigenvalue weighted by Crippen LogP contribution is 2.18. The fraction of sp³-hybridized carbons (Fsp3) is 0.625. The van der Waals surface area contributed by atoms with E-state index >= 15 is 0 Å². The smallest absolute Gasteiger partial charge is 0.246 e. The lowest BCUT2D eigenvalue weighted by Gasteiger charge is -2.23. The van der Waals surface area contributed by atoms with Crippen molar-refractivity contribution < 1.29 is 48.0 Å². The molecule has 0 aromatic heterocycles. The van der Waals surface area contributed by atoms with Crippen LogP contribution in [0.3, 0.4) is 0 Å². The molecule has 48 heavy (non-hydrogen) atoms. The van der Waals surface area contributed by atoms with Crippen molar-refractivity contribution in [2.24, 2.45) is 5.73 Å². The van der Waals surface area contributed by atoms with Crippen molar-refractivity contribution in [3.05, 3.63) is 29.8 Å². The van der Waals surface area contributed by atoms with Gasteiger partial charge in [-0.05, 0) is 50.3 Å². The summed E-state index contributed by atoms with van der Waals surface area (Å²) in [5.41, 5.74) is 6.72. The number of nitrogens with one attached hydrogen (secondary N) is 3. The normalized spacial score (nSPS) is 15.3. The number of benzene rings is 1. The van der Waals surface area contributed by atoms with E-state index in [0.29, 0.717) is 19.4 Å². The number of carbonyl (C=O) groups is 5. The van der Waals surface area contributed by atoms with Crippen LogP contribution in [0.1, 0.15) is 38.2 Å². The minimum atomic E-state index is -0.825. The molecule has 1 aliphatic heterocycles. The van der Waals surface area contributed by atoms with Gasteiger partial charge in [-0.25, -0.2) is 0 Å². The molecule has 2 rings (SSSR count). The van der Waals surface area contributed by atoms with Gasteiger partial charge in [-0.3, -0.25) is 24.0 Å². The SMILES string of the molecule is CC(=O)[C@H](Cc1ccc(O)cc1)NC(=O)COCCOCCNC(=O)COCCOCCNC(=O)CC[C@H](N)C(=O)N1CCC[C@H]1C#N. The van der Waals surface area contributed by atoms with E-state index in [9.17, 15) is 29.1 Å². The van der Waals surface area contributed by atoms with Gasteiger partial charge >= 0.3 is 0 Å². The maximum absolute atomic E-state index is 12.4. The number of amides is 4. The molecule has 3 atom stereocenters. The van der Waals surface area contributed by atoms with Gasteiger partial charge in [0.1, 0.15) is 25.0 Å². The molecule has 0 radical (unpaired) electrons. The molecule has 0 spiro atoms. The number of nitrogens with two attached hydrogens (primary N) is 1. The van der Waals surface area contributed by atoms with Gasteiger partial charge in [0, 0.05) is 26.1 Å². The summed E-state index contributed by atoms with van der Waals surface area (Å²) in [6, 6.07) is 6.52. The van der Waals surface area contributed by atoms with Crippen LogP contribution < -0.4 is 21.7 Å². The number of likely N-dealkylation sites (tertiary alicyclic amines) is 1. The van der Waals surface area contributed by atoms with E-state index in [4.69, 9.17) is 29.9 Å². The second kappa shape index (κ2) is 23.2. The van der Waals surface area contributed by atoms with Crippen molar-refractivity contribution in [2.45, 2.75) is 57.2 Å². The number of ether oxygens (including phenoxy) is 4. The van der Waals surface area contributed by atoms with Gasteiger partial charge in [0.2, 0.25) is 23.6 Å². The zero-order valence-corrected chi connectivity index (χ0v) is 27.4. The maximum atomic E-state index is 12.4. The number of nitriles is 1. The first-order valence-corrected chi connectivity index (χ1v) is 16.0. The largest absolute Gasteiger partial charge is 0.508 e. The van der Waals surface area contributed by atoms with E-state index in [1.54, 1.807) is 12.1 Å². The summed E-state index contributed by atoms with van der Waals surface area (Å²) in [7, 11) is 0. The molecular weight excluding hydrogens is 628 g/mol. The molecule has 1 aromatic carbocycles. The molecule has 266 valence electrons. The van der Waals surface area contributed by atoms with Crippen LogP contribution in [-0.4, -0.2) is 130 Å². The number of nitrogens with zero attached hydrogens (tertiary/aromatic N) is 2. The predicted octanol–water partition coefficient (Wildman–Crippen LogP) is -1.07. The number of hydrogen-bond acceptors (Lipinski definition) is 12. The summed E-state index contributed by atoms with van der Waals surface area (Å²) < 4.78 is 21.3. The number of phenols is 1. The van der Waals surface area contributed by atoms with E-state index in [1.807, 2.05) is 0 Å². The van der Waals surface area contributed by atoms with Crippen molar-refractivity contribution in [2.75, 3.05) is 72.5 Å². The number of phenolic OH excluding ortho intramolecular Hbond substituents is 1. The van der Waals surface area contributed by atoms with Crippen LogP contribution in [0.2, 0.25) is 0 Å². The monoisotopic (exact) mass is 676 g/mol. The molecule has 0 unspecified atom stereocenters. The average Bonchev–Trinajstić information content (AvgIpc) is 3.55. The zero-order valence-electron chi connectivity index (χ0n) is 27.4. The Kier molecular flexibility index (Phi) is 19.4. The molecule has 4 amide bonds. The van der Waals surface area contributed by atoms with Gasteiger partial charge in [0.05, 0.1) is 57.8 Å². The predicted molar refractivity (Wildman–Crippen MR) is 171 cm³/mol. The highest BCUT2D eigenvalue weighted by atomic mass is 16.5. The number of rotatable bonds is 24. The van der Waals surface area contributed by atoms with E-state index in [1.165, 1.54) is 24.0 Å². The first-order valence-electron chi connectivity index (χ1n) is 16.0. The molecule has 0 aliphatic carbocycles. The summed E-state index contributed by atoms with van der Waals surface area (Å²) in [4.78, 5) is 61.8. The van der Waals surface area contributed by atoms with E-state index in [0.717, 1.165) is 12.0 Å². The first-order chi connectivity index (χ1) is 23.1. The molecule has 0 saturated carbocycles. The minimum Gasteiger partial charge on any atom is -0.508 e. The molecule has 1 fully saturated rings. The number of hydrogen-bond donors (Lipinski definition) is 5. The van der Waals surface area contributed by atoms with Crippen LogP contribution in [0.5, 0.6) is 5.75 Å². The van der Waals surface area contributed by atoms with Gasteiger partial charge in [0.15, 0.2) is 5.78 Å². The molecule has 1 aliphatic rings. The number of ketones is 1. The van der Waals surface area contributed by atoms with Crippen molar-refractivity contribution in [1.29, 1.82) is 5.26 Å². The van der Waals surface area contributed by atoms with E-state index in [2.05, 4.69) is 22.0 Å². The van der Waals surface area contributed by atoms with Crippen LogP contribution in [0, 0.1) is 11.3 Å². The molecule has 16 heteroatoms. The van der Waals surface area contributed by atoms with Crippen LogP contribution in [-0.2, 0) is 49.3 Å². The molecule has 6 N–H and O–H groups in total. The number of Topliss-reactive ketones (excluding diaryl/α,β-unsaturated/α-hetero) is 1. The highest BCUT2D eigenvalue weighted by Gasteiger charge is 2.31. The summed E-state index contributed by atoms with van der Waals surface area (Å²) in [6.07, 6.45) is 1.98. The van der Waals surface area contributed by atoms with Gasteiger partial charge in [-0.2, -0.15) is 5.26 Å². The minimum absolute atomic E-state index is 0.0852. The molecule has 0 bridgehead atoms.